The molecular formula is C16H26N6O5S. The van der Waals surface area contributed by atoms with Crippen LogP contribution in [0.3, 0.4) is 0 Å². The van der Waals surface area contributed by atoms with E-state index in [2.05, 4.69) is 20.2 Å². The van der Waals surface area contributed by atoms with E-state index in [1.54, 1.807) is 10.9 Å². The second-order valence-corrected chi connectivity index (χ2v) is 9.18. The highest BCUT2D eigenvalue weighted by Crippen LogP contribution is 2.30. The lowest BCUT2D eigenvalue weighted by atomic mass is 10.1. The van der Waals surface area contributed by atoms with Crippen molar-refractivity contribution in [3.05, 3.63) is 23.3 Å². The quantitative estimate of drug-likeness (QED) is 0.521. The third-order valence-electron chi connectivity index (χ3n) is 4.83. The van der Waals surface area contributed by atoms with E-state index in [0.29, 0.717) is 13.1 Å². The number of aliphatic hydroxyl groups is 2. The van der Waals surface area contributed by atoms with E-state index in [1.165, 1.54) is 13.8 Å². The normalized spacial score (nSPS) is 25.7. The smallest absolute Gasteiger partial charge is 0.246 e. The molecule has 1 aliphatic rings. The molecule has 3 rings (SSSR count). The summed E-state index contributed by atoms with van der Waals surface area (Å²) in [6.45, 7) is 4.00. The Hall–Kier alpha value is -1.86. The molecule has 1 fully saturated rings. The molecule has 0 spiro atoms. The van der Waals surface area contributed by atoms with Crippen molar-refractivity contribution >= 4 is 10.0 Å². The average molecular weight is 414 g/mol. The minimum Gasteiger partial charge on any atom is -0.390 e. The van der Waals surface area contributed by atoms with Gasteiger partial charge in [-0.1, -0.05) is 10.4 Å². The van der Waals surface area contributed by atoms with Gasteiger partial charge in [-0.3, -0.25) is 4.68 Å². The maximum Gasteiger partial charge on any atom is 0.246 e. The van der Waals surface area contributed by atoms with E-state index >= 15 is 0 Å². The Labute approximate surface area is 163 Å². The number of nitrogens with zero attached hydrogens (tertiary/aromatic N) is 5. The first kappa shape index (κ1) is 20.9. The van der Waals surface area contributed by atoms with Crippen LogP contribution in [0.2, 0.25) is 0 Å². The fourth-order valence-corrected chi connectivity index (χ4v) is 5.20. The topological polar surface area (TPSA) is 147 Å². The third-order valence-corrected chi connectivity index (χ3v) is 6.56. The van der Waals surface area contributed by atoms with E-state index < -0.39 is 28.3 Å². The average Bonchev–Trinajstić information content (AvgIpc) is 3.23. The van der Waals surface area contributed by atoms with Gasteiger partial charge in [-0.2, -0.15) is 0 Å². The predicted octanol–water partition coefficient (Wildman–Crippen LogP) is -0.967. The van der Waals surface area contributed by atoms with Gasteiger partial charge in [0.05, 0.1) is 23.9 Å². The SMILES string of the molecule is Cc1noc(C)c1S(=O)(=O)NC1CC(Cn2cc(CN(C)C)nn2)C(O)C1O. The molecule has 3 N–H and O–H groups in total. The third kappa shape index (κ3) is 4.25. The van der Waals surface area contributed by atoms with Crippen molar-refractivity contribution in [3.63, 3.8) is 0 Å². The summed E-state index contributed by atoms with van der Waals surface area (Å²) in [5, 5.41) is 32.5. The predicted molar refractivity (Wildman–Crippen MR) is 97.6 cm³/mol. The Morgan fingerprint density at radius 2 is 2.04 bits per heavy atom. The highest BCUT2D eigenvalue weighted by Gasteiger charge is 2.44. The van der Waals surface area contributed by atoms with Crippen LogP contribution < -0.4 is 4.72 Å². The number of nitrogens with one attached hydrogen (secondary N) is 1. The lowest BCUT2D eigenvalue weighted by Gasteiger charge is -2.18. The Morgan fingerprint density at radius 3 is 2.64 bits per heavy atom. The fourth-order valence-electron chi connectivity index (χ4n) is 3.60. The highest BCUT2D eigenvalue weighted by molar-refractivity contribution is 7.89. The molecule has 4 atom stereocenters. The Kier molecular flexibility index (Phi) is 5.87. The number of hydrogen-bond donors (Lipinski definition) is 3. The summed E-state index contributed by atoms with van der Waals surface area (Å²) in [7, 11) is -0.0966. The molecule has 0 amide bonds. The molecule has 0 bridgehead atoms. The second-order valence-electron chi connectivity index (χ2n) is 7.53. The van der Waals surface area contributed by atoms with E-state index in [0.717, 1.165) is 5.69 Å². The van der Waals surface area contributed by atoms with Crippen LogP contribution in [0, 0.1) is 19.8 Å². The molecule has 0 radical (unpaired) electrons. The van der Waals surface area contributed by atoms with Crippen LogP contribution in [0.25, 0.3) is 0 Å². The van der Waals surface area contributed by atoms with Crippen molar-refractivity contribution in [2.75, 3.05) is 14.1 Å². The number of sulfonamides is 1. The van der Waals surface area contributed by atoms with Gasteiger partial charge < -0.3 is 19.6 Å². The van der Waals surface area contributed by atoms with Gasteiger partial charge in [0.15, 0.2) is 5.76 Å². The molecule has 2 heterocycles. The molecule has 12 heteroatoms. The summed E-state index contributed by atoms with van der Waals surface area (Å²) in [6.07, 6.45) is -0.280. The molecule has 1 aliphatic carbocycles. The van der Waals surface area contributed by atoms with Crippen molar-refractivity contribution in [1.29, 1.82) is 0 Å². The summed E-state index contributed by atoms with van der Waals surface area (Å²) in [5.41, 5.74) is 1.03. The lowest BCUT2D eigenvalue weighted by Crippen LogP contribution is -2.43. The summed E-state index contributed by atoms with van der Waals surface area (Å²) in [4.78, 5) is 1.92. The van der Waals surface area contributed by atoms with E-state index in [4.69, 9.17) is 4.52 Å². The second kappa shape index (κ2) is 7.87. The zero-order chi connectivity index (χ0) is 20.6. The van der Waals surface area contributed by atoms with Crippen molar-refractivity contribution in [3.8, 4) is 0 Å². The van der Waals surface area contributed by atoms with Gasteiger partial charge in [0.25, 0.3) is 0 Å². The maximum atomic E-state index is 12.7. The summed E-state index contributed by atoms with van der Waals surface area (Å²) in [5.74, 6) is -0.202. The standard InChI is InChI=1S/C16H26N6O5S/c1-9-16(10(2)27-18-9)28(25,26)19-13-5-11(14(23)15(13)24)6-22-8-12(17-20-22)7-21(3)4/h8,11,13-15,19,23-24H,5-7H2,1-4H3. The molecule has 1 saturated carbocycles. The first-order chi connectivity index (χ1) is 13.1. The Bertz CT molecular complexity index is 904. The van der Waals surface area contributed by atoms with Gasteiger partial charge in [-0.05, 0) is 34.4 Å². The first-order valence-corrected chi connectivity index (χ1v) is 10.4. The molecule has 2 aromatic heterocycles. The lowest BCUT2D eigenvalue weighted by molar-refractivity contribution is 0.00972. The molecule has 2 aromatic rings. The van der Waals surface area contributed by atoms with Crippen LogP contribution in [-0.2, 0) is 23.1 Å². The molecule has 11 nitrogen and oxygen atoms in total. The molecule has 28 heavy (non-hydrogen) atoms. The fraction of sp³-hybridized carbons (Fsp3) is 0.688. The zero-order valence-electron chi connectivity index (χ0n) is 16.3. The number of aryl methyl sites for hydroxylation is 2. The number of hydrogen-bond acceptors (Lipinski definition) is 9. The van der Waals surface area contributed by atoms with Crippen LogP contribution in [0.1, 0.15) is 23.6 Å². The molecule has 0 aliphatic heterocycles. The molecule has 156 valence electrons. The van der Waals surface area contributed by atoms with Gasteiger partial charge in [-0.15, -0.1) is 5.10 Å². The van der Waals surface area contributed by atoms with Crippen LogP contribution in [-0.4, -0.2) is 76.0 Å². The summed E-state index contributed by atoms with van der Waals surface area (Å²) in [6, 6.07) is -0.830. The van der Waals surface area contributed by atoms with Crippen LogP contribution in [0.4, 0.5) is 0 Å². The van der Waals surface area contributed by atoms with Gasteiger partial charge in [0.1, 0.15) is 10.6 Å². The van der Waals surface area contributed by atoms with E-state index in [-0.39, 0.29) is 28.7 Å². The van der Waals surface area contributed by atoms with Gasteiger partial charge >= 0.3 is 0 Å². The molecule has 0 saturated heterocycles. The molecule has 4 unspecified atom stereocenters. The zero-order valence-corrected chi connectivity index (χ0v) is 17.1. The minimum absolute atomic E-state index is 0.0396. The summed E-state index contributed by atoms with van der Waals surface area (Å²) >= 11 is 0. The largest absolute Gasteiger partial charge is 0.390 e. The number of rotatable bonds is 7. The monoisotopic (exact) mass is 414 g/mol. The van der Waals surface area contributed by atoms with Crippen LogP contribution in [0.15, 0.2) is 15.6 Å². The van der Waals surface area contributed by atoms with Crippen molar-refractivity contribution in [2.24, 2.45) is 5.92 Å². The Morgan fingerprint density at radius 1 is 1.32 bits per heavy atom. The van der Waals surface area contributed by atoms with E-state index in [1.807, 2.05) is 19.0 Å². The van der Waals surface area contributed by atoms with Crippen molar-refractivity contribution in [1.82, 2.24) is 29.8 Å². The van der Waals surface area contributed by atoms with E-state index in [9.17, 15) is 18.6 Å². The van der Waals surface area contributed by atoms with Crippen LogP contribution in [0.5, 0.6) is 0 Å². The van der Waals surface area contributed by atoms with Crippen molar-refractivity contribution < 1.29 is 23.2 Å². The van der Waals surface area contributed by atoms with Gasteiger partial charge in [0, 0.05) is 25.2 Å². The number of aliphatic hydroxyl groups excluding tert-OH is 2. The maximum absolute atomic E-state index is 12.7. The highest BCUT2D eigenvalue weighted by atomic mass is 32.2. The van der Waals surface area contributed by atoms with Gasteiger partial charge in [-0.25, -0.2) is 13.1 Å². The number of aromatic nitrogens is 4. The van der Waals surface area contributed by atoms with Crippen molar-refractivity contribution in [2.45, 2.75) is 56.5 Å². The molecular weight excluding hydrogens is 388 g/mol. The Balaban J connectivity index is 1.69. The van der Waals surface area contributed by atoms with Crippen LogP contribution >= 0.6 is 0 Å². The summed E-state index contributed by atoms with van der Waals surface area (Å²) < 4.78 is 34.4. The minimum atomic E-state index is -3.94. The van der Waals surface area contributed by atoms with Gasteiger partial charge in [0.2, 0.25) is 10.0 Å². The first-order valence-electron chi connectivity index (χ1n) is 8.93. The molecule has 0 aromatic carbocycles.